The Morgan fingerprint density at radius 3 is 2.00 bits per heavy atom. The second-order valence-electron chi connectivity index (χ2n) is 5.75. The molecule has 0 saturated carbocycles. The van der Waals surface area contributed by atoms with E-state index >= 15 is 0 Å². The number of methoxy groups -OCH3 is 4. The van der Waals surface area contributed by atoms with Gasteiger partial charge in [0.05, 0.1) is 35.0 Å². The lowest BCUT2D eigenvalue weighted by molar-refractivity contribution is -0.120. The highest BCUT2D eigenvalue weighted by Gasteiger charge is 2.12. The van der Waals surface area contributed by atoms with Crippen LogP contribution >= 0.6 is 0 Å². The summed E-state index contributed by atoms with van der Waals surface area (Å²) in [6, 6.07) is 10.2. The summed E-state index contributed by atoms with van der Waals surface area (Å²) in [5, 5.41) is 5.31. The first-order valence-electron chi connectivity index (χ1n) is 8.49. The number of rotatable bonds is 9. The van der Waals surface area contributed by atoms with Crippen LogP contribution in [0.4, 0.5) is 0 Å². The third kappa shape index (κ3) is 5.54. The molecule has 0 aliphatic carbocycles. The van der Waals surface area contributed by atoms with Gasteiger partial charge in [0, 0.05) is 18.2 Å². The zero-order chi connectivity index (χ0) is 20.5. The molecule has 8 nitrogen and oxygen atoms in total. The molecule has 0 fully saturated rings. The molecule has 0 radical (unpaired) electrons. The average Bonchev–Trinajstić information content (AvgIpc) is 2.75. The first kappa shape index (κ1) is 20.9. The van der Waals surface area contributed by atoms with Gasteiger partial charge in [0.25, 0.3) is 5.91 Å². The largest absolute Gasteiger partial charge is 0.497 e. The maximum atomic E-state index is 12.3. The first-order chi connectivity index (χ1) is 13.5. The summed E-state index contributed by atoms with van der Waals surface area (Å²) in [6.07, 6.45) is 0. The Bertz CT molecular complexity index is 815. The van der Waals surface area contributed by atoms with Gasteiger partial charge in [0.15, 0.2) is 11.5 Å². The maximum Gasteiger partial charge on any atom is 0.251 e. The number of carbonyl (C=O) groups excluding carboxylic acids is 2. The zero-order valence-corrected chi connectivity index (χ0v) is 16.3. The Balaban J connectivity index is 1.89. The molecule has 150 valence electrons. The third-order valence-corrected chi connectivity index (χ3v) is 3.96. The minimum atomic E-state index is -0.404. The maximum absolute atomic E-state index is 12.3. The minimum absolute atomic E-state index is 0.161. The molecule has 0 heterocycles. The van der Waals surface area contributed by atoms with E-state index < -0.39 is 5.91 Å². The number of amides is 2. The van der Waals surface area contributed by atoms with Crippen molar-refractivity contribution >= 4 is 11.8 Å². The molecule has 2 aromatic rings. The molecule has 0 spiro atoms. The van der Waals surface area contributed by atoms with Crippen LogP contribution in [0.25, 0.3) is 0 Å². The summed E-state index contributed by atoms with van der Waals surface area (Å²) in [5.74, 6) is 1.44. The fourth-order valence-electron chi connectivity index (χ4n) is 2.45. The first-order valence-corrected chi connectivity index (χ1v) is 8.49. The highest BCUT2D eigenvalue weighted by molar-refractivity contribution is 5.97. The fourth-order valence-corrected chi connectivity index (χ4v) is 2.45. The Morgan fingerprint density at radius 2 is 1.43 bits per heavy atom. The van der Waals surface area contributed by atoms with E-state index in [-0.39, 0.29) is 12.5 Å². The van der Waals surface area contributed by atoms with Crippen molar-refractivity contribution in [1.82, 2.24) is 10.6 Å². The monoisotopic (exact) mass is 388 g/mol. The van der Waals surface area contributed by atoms with Gasteiger partial charge in [-0.05, 0) is 29.8 Å². The molecule has 0 aliphatic heterocycles. The molecule has 2 aromatic carbocycles. The van der Waals surface area contributed by atoms with E-state index in [0.717, 1.165) is 5.56 Å². The Labute approximate surface area is 163 Å². The predicted octanol–water partition coefficient (Wildman–Crippen LogP) is 1.77. The highest BCUT2D eigenvalue weighted by Crippen LogP contribution is 2.27. The van der Waals surface area contributed by atoms with Crippen molar-refractivity contribution in [3.05, 3.63) is 47.5 Å². The standard InChI is InChI=1S/C20H24N2O6/c1-25-15-8-14(9-16(10-15)26-2)20(24)22-12-19(23)21-11-13-5-6-17(27-3)18(7-13)28-4/h5-10H,11-12H2,1-4H3,(H,21,23)(H,22,24). The van der Waals surface area contributed by atoms with Crippen molar-refractivity contribution in [2.45, 2.75) is 6.54 Å². The quantitative estimate of drug-likeness (QED) is 0.680. The summed E-state index contributed by atoms with van der Waals surface area (Å²) in [5.41, 5.74) is 1.18. The van der Waals surface area contributed by atoms with Crippen LogP contribution in [0.2, 0.25) is 0 Å². The van der Waals surface area contributed by atoms with Crippen molar-refractivity contribution in [2.75, 3.05) is 35.0 Å². The van der Waals surface area contributed by atoms with Crippen LogP contribution in [-0.2, 0) is 11.3 Å². The van der Waals surface area contributed by atoms with Gasteiger partial charge < -0.3 is 29.6 Å². The molecule has 28 heavy (non-hydrogen) atoms. The van der Waals surface area contributed by atoms with E-state index in [2.05, 4.69) is 10.6 Å². The van der Waals surface area contributed by atoms with Gasteiger partial charge in [0.1, 0.15) is 11.5 Å². The summed E-state index contributed by atoms with van der Waals surface area (Å²) in [7, 11) is 6.10. The van der Waals surface area contributed by atoms with E-state index in [1.165, 1.54) is 14.2 Å². The topological polar surface area (TPSA) is 95.1 Å². The molecule has 8 heteroatoms. The third-order valence-electron chi connectivity index (χ3n) is 3.96. The van der Waals surface area contributed by atoms with Crippen LogP contribution in [-0.4, -0.2) is 46.8 Å². The Kier molecular flexibility index (Phi) is 7.50. The fraction of sp³-hybridized carbons (Fsp3) is 0.300. The Morgan fingerprint density at radius 1 is 0.786 bits per heavy atom. The number of benzene rings is 2. The number of hydrogen-bond donors (Lipinski definition) is 2. The second kappa shape index (κ2) is 10.1. The Hall–Kier alpha value is -3.42. The van der Waals surface area contributed by atoms with Crippen molar-refractivity contribution in [3.63, 3.8) is 0 Å². The van der Waals surface area contributed by atoms with Gasteiger partial charge in [0.2, 0.25) is 5.91 Å². The molecule has 0 bridgehead atoms. The van der Waals surface area contributed by atoms with Crippen molar-refractivity contribution in [2.24, 2.45) is 0 Å². The number of nitrogens with one attached hydrogen (secondary N) is 2. The molecule has 0 atom stereocenters. The van der Waals surface area contributed by atoms with Crippen LogP contribution < -0.4 is 29.6 Å². The van der Waals surface area contributed by atoms with E-state index in [4.69, 9.17) is 18.9 Å². The zero-order valence-electron chi connectivity index (χ0n) is 16.3. The van der Waals surface area contributed by atoms with Gasteiger partial charge in [-0.1, -0.05) is 6.07 Å². The molecule has 0 aromatic heterocycles. The molecule has 2 rings (SSSR count). The minimum Gasteiger partial charge on any atom is -0.497 e. The summed E-state index contributed by atoms with van der Waals surface area (Å²) >= 11 is 0. The van der Waals surface area contributed by atoms with Crippen molar-refractivity contribution in [1.29, 1.82) is 0 Å². The van der Waals surface area contributed by atoms with E-state index in [1.54, 1.807) is 44.6 Å². The molecule has 0 unspecified atom stereocenters. The molecule has 0 saturated heterocycles. The molecular weight excluding hydrogens is 364 g/mol. The number of carbonyl (C=O) groups is 2. The molecule has 0 aliphatic rings. The number of hydrogen-bond acceptors (Lipinski definition) is 6. The van der Waals surface area contributed by atoms with Crippen molar-refractivity contribution < 1.29 is 28.5 Å². The van der Waals surface area contributed by atoms with Gasteiger partial charge in [-0.25, -0.2) is 0 Å². The smallest absolute Gasteiger partial charge is 0.251 e. The van der Waals surface area contributed by atoms with Crippen LogP contribution in [0.15, 0.2) is 36.4 Å². The number of ether oxygens (including phenoxy) is 4. The van der Waals surface area contributed by atoms with E-state index in [9.17, 15) is 9.59 Å². The van der Waals surface area contributed by atoms with Crippen LogP contribution in [0.5, 0.6) is 23.0 Å². The van der Waals surface area contributed by atoms with Gasteiger partial charge in [-0.15, -0.1) is 0 Å². The second-order valence-corrected chi connectivity index (χ2v) is 5.75. The highest BCUT2D eigenvalue weighted by atomic mass is 16.5. The lowest BCUT2D eigenvalue weighted by atomic mass is 10.2. The molecule has 2 amide bonds. The van der Waals surface area contributed by atoms with E-state index in [1.807, 2.05) is 6.07 Å². The average molecular weight is 388 g/mol. The van der Waals surface area contributed by atoms with E-state index in [0.29, 0.717) is 35.1 Å². The molecular formula is C20H24N2O6. The normalized spacial score (nSPS) is 10.0. The van der Waals surface area contributed by atoms with Gasteiger partial charge in [-0.2, -0.15) is 0 Å². The summed E-state index contributed by atoms with van der Waals surface area (Å²) in [6.45, 7) is 0.133. The lowest BCUT2D eigenvalue weighted by Gasteiger charge is -2.11. The lowest BCUT2D eigenvalue weighted by Crippen LogP contribution is -2.36. The van der Waals surface area contributed by atoms with Crippen LogP contribution in [0.3, 0.4) is 0 Å². The predicted molar refractivity (Wildman–Crippen MR) is 103 cm³/mol. The van der Waals surface area contributed by atoms with Gasteiger partial charge in [-0.3, -0.25) is 9.59 Å². The summed E-state index contributed by atoms with van der Waals surface area (Å²) < 4.78 is 20.7. The molecule has 2 N–H and O–H groups in total. The van der Waals surface area contributed by atoms with Crippen molar-refractivity contribution in [3.8, 4) is 23.0 Å². The van der Waals surface area contributed by atoms with Crippen LogP contribution in [0.1, 0.15) is 15.9 Å². The van der Waals surface area contributed by atoms with Crippen LogP contribution in [0, 0.1) is 0 Å². The summed E-state index contributed by atoms with van der Waals surface area (Å²) in [4.78, 5) is 24.3. The van der Waals surface area contributed by atoms with Gasteiger partial charge >= 0.3 is 0 Å². The SMILES string of the molecule is COc1cc(OC)cc(C(=O)NCC(=O)NCc2ccc(OC)c(OC)c2)c1.